The molecule has 0 N–H and O–H groups in total. The summed E-state index contributed by atoms with van der Waals surface area (Å²) < 4.78 is 12.1. The molecule has 130 heavy (non-hydrogen) atoms. The van der Waals surface area contributed by atoms with E-state index < -0.39 is 0 Å². The van der Waals surface area contributed by atoms with Gasteiger partial charge in [-0.15, -0.1) is 0 Å². The van der Waals surface area contributed by atoms with E-state index in [1.165, 1.54) is 143 Å². The highest BCUT2D eigenvalue weighted by Crippen LogP contribution is 2.55. The third-order valence-corrected chi connectivity index (χ3v) is 27.1. The van der Waals surface area contributed by atoms with Gasteiger partial charge in [-0.3, -0.25) is 0 Å². The van der Waals surface area contributed by atoms with Gasteiger partial charge < -0.3 is 22.8 Å². The molecule has 9 nitrogen and oxygen atoms in total. The Morgan fingerprint density at radius 2 is 0.508 bits per heavy atom. The Hall–Kier alpha value is -17.1. The molecule has 0 aliphatic heterocycles. The molecular weight excluding hydrogens is 1580 g/mol. The first-order chi connectivity index (χ1) is 64.3. The molecule has 0 saturated heterocycles. The molecule has 0 radical (unpaired) electrons. The van der Waals surface area contributed by atoms with Crippen LogP contribution in [0, 0.1) is 0 Å². The first-order valence-electron chi connectivity index (χ1n) is 44.6. The molecule has 0 spiro atoms. The molecule has 0 unspecified atom stereocenters. The predicted molar refractivity (Wildman–Crippen MR) is 541 cm³/mol. The van der Waals surface area contributed by atoms with Crippen molar-refractivity contribution in [3.05, 3.63) is 454 Å². The Balaban J connectivity index is 0.000000137. The average Bonchev–Trinajstić information content (AvgIpc) is 1.55. The van der Waals surface area contributed by atoms with E-state index in [-0.39, 0.29) is 5.41 Å². The van der Waals surface area contributed by atoms with Gasteiger partial charge in [-0.05, 0) is 220 Å². The van der Waals surface area contributed by atoms with E-state index in [1.54, 1.807) is 0 Å². The van der Waals surface area contributed by atoms with Gasteiger partial charge in [0.1, 0.15) is 0 Å². The number of aromatic nitrogens is 9. The monoisotopic (exact) mass is 1660 g/mol. The third-order valence-electron chi connectivity index (χ3n) is 27.1. The van der Waals surface area contributed by atoms with Gasteiger partial charge in [0, 0.05) is 121 Å². The van der Waals surface area contributed by atoms with Gasteiger partial charge in [-0.2, -0.15) is 0 Å². The van der Waals surface area contributed by atoms with Crippen LogP contribution in [0.5, 0.6) is 0 Å². The van der Waals surface area contributed by atoms with E-state index in [1.807, 2.05) is 24.3 Å². The first kappa shape index (κ1) is 74.3. The second kappa shape index (κ2) is 29.5. The van der Waals surface area contributed by atoms with E-state index >= 15 is 0 Å². The van der Waals surface area contributed by atoms with Gasteiger partial charge in [-0.1, -0.05) is 281 Å². The van der Waals surface area contributed by atoms with Crippen LogP contribution in [0.15, 0.2) is 443 Å². The van der Waals surface area contributed by atoms with Crippen LogP contribution < -0.4 is 0 Å². The van der Waals surface area contributed by atoms with E-state index in [2.05, 4.69) is 455 Å². The lowest BCUT2D eigenvalue weighted by atomic mass is 9.80. The van der Waals surface area contributed by atoms with Crippen molar-refractivity contribution in [2.75, 3.05) is 0 Å². The van der Waals surface area contributed by atoms with Gasteiger partial charge in [0.05, 0.1) is 77.6 Å². The number of fused-ring (bicyclic) bond motifs is 22. The van der Waals surface area contributed by atoms with Crippen LogP contribution in [0.25, 0.3) is 238 Å². The number of para-hydroxylation sites is 8. The second-order valence-corrected chi connectivity index (χ2v) is 34.7. The van der Waals surface area contributed by atoms with Gasteiger partial charge in [-0.25, -0.2) is 19.9 Å². The third kappa shape index (κ3) is 11.7. The Labute approximate surface area is 748 Å². The summed E-state index contributed by atoms with van der Waals surface area (Å²) in [4.78, 5) is 20.5. The summed E-state index contributed by atoms with van der Waals surface area (Å²) in [5.74, 6) is 1.42. The molecule has 0 atom stereocenters. The SMILES string of the molecule is CC1(C)c2ccccc2-c2ccc3c(c21)c1cc(-c2ccc4c(c2)c2ccccc2n4-c2ccccc2)ccc1n3-c1ccc(-c2nc(-c3ccccc3)c3ccccc3n2)cc1.c1ccc(-c2nc(-c3ccc(-n4c5ccc(-c6ccc7c(c6)c6ccccc6n7-c6ccccc6)cc5c5c4ccc4c6ccccc6n(-c6ccccc6)c45)cc3)nc3ccccc23)cc1. The quantitative estimate of drug-likeness (QED) is 0.129. The Bertz CT molecular complexity index is 9100. The maximum atomic E-state index is 5.20. The molecule has 7 aromatic heterocycles. The van der Waals surface area contributed by atoms with Crippen LogP contribution in [0.1, 0.15) is 25.0 Å². The van der Waals surface area contributed by atoms with Crippen molar-refractivity contribution < 1.29 is 0 Å². The minimum absolute atomic E-state index is 0.188. The lowest BCUT2D eigenvalue weighted by Gasteiger charge is -2.22. The van der Waals surface area contributed by atoms with Crippen LogP contribution in [0.4, 0.5) is 0 Å². The van der Waals surface area contributed by atoms with Crippen LogP contribution in [-0.4, -0.2) is 42.8 Å². The molecule has 0 saturated carbocycles. The number of rotatable bonds is 11. The largest absolute Gasteiger partial charge is 0.309 e. The maximum absolute atomic E-state index is 5.20. The zero-order chi connectivity index (χ0) is 85.8. The molecule has 7 heterocycles. The zero-order valence-electron chi connectivity index (χ0n) is 71.2. The summed E-state index contributed by atoms with van der Waals surface area (Å²) in [7, 11) is 0. The predicted octanol–water partition coefficient (Wildman–Crippen LogP) is 31.1. The fraction of sp³-hybridized carbons (Fsp3) is 0.0248. The summed E-state index contributed by atoms with van der Waals surface area (Å²) in [6, 6.07) is 160. The summed E-state index contributed by atoms with van der Waals surface area (Å²) >= 11 is 0. The normalized spacial score (nSPS) is 12.4. The van der Waals surface area contributed by atoms with Crippen molar-refractivity contribution in [2.45, 2.75) is 19.3 Å². The van der Waals surface area contributed by atoms with E-state index in [0.717, 1.165) is 94.9 Å². The minimum Gasteiger partial charge on any atom is -0.309 e. The van der Waals surface area contributed by atoms with Gasteiger partial charge in [0.25, 0.3) is 0 Å². The first-order valence-corrected chi connectivity index (χ1v) is 44.6. The number of nitrogens with zero attached hydrogens (tertiary/aromatic N) is 9. The molecule has 1 aliphatic rings. The zero-order valence-corrected chi connectivity index (χ0v) is 71.2. The highest BCUT2D eigenvalue weighted by molar-refractivity contribution is 6.27. The van der Waals surface area contributed by atoms with Crippen LogP contribution in [0.3, 0.4) is 0 Å². The van der Waals surface area contributed by atoms with Crippen molar-refractivity contribution in [1.82, 2.24) is 42.8 Å². The van der Waals surface area contributed by atoms with E-state index in [4.69, 9.17) is 19.9 Å². The molecule has 27 rings (SSSR count). The summed E-state index contributed by atoms with van der Waals surface area (Å²) in [5.41, 5.74) is 35.2. The Morgan fingerprint density at radius 1 is 0.192 bits per heavy atom. The summed E-state index contributed by atoms with van der Waals surface area (Å²) in [6.45, 7) is 4.78. The molecule has 26 aromatic rings. The molecule has 0 amide bonds. The van der Waals surface area contributed by atoms with Crippen LogP contribution >= 0.6 is 0 Å². The number of benzene rings is 19. The highest BCUT2D eigenvalue weighted by Gasteiger charge is 2.38. The van der Waals surface area contributed by atoms with Gasteiger partial charge >= 0.3 is 0 Å². The smallest absolute Gasteiger partial charge is 0.160 e. The molecule has 1 aliphatic carbocycles. The van der Waals surface area contributed by atoms with Crippen molar-refractivity contribution >= 4 is 131 Å². The molecular formula is C121H79N9. The summed E-state index contributed by atoms with van der Waals surface area (Å²) in [5, 5.41) is 14.5. The Kier molecular flexibility index (Phi) is 16.9. The minimum atomic E-state index is -0.188. The van der Waals surface area contributed by atoms with Crippen molar-refractivity contribution in [3.8, 4) is 107 Å². The van der Waals surface area contributed by atoms with Crippen molar-refractivity contribution in [2.24, 2.45) is 0 Å². The standard InChI is InChI=1S/C62H39N5.C59H40N4/c1-4-16-40(17-5-1)60-50-24-10-13-25-53(50)63-62(64-60)41-28-32-46(33-29-41)66-57-36-31-43(42-30-35-56-51(38-42)48-23-12-14-26-54(48)65(56)44-18-6-2-7-19-44)39-52(57)59-58(66)37-34-49-47-22-11-15-27-55(47)67(61(49)59)45-20-8-3-9-21-45;1-59(2)49-22-12-9-19-43(49)45-31-34-54-55(56(45)59)48-36-40(39-27-32-52-47(35-39)44-20-11-14-24-51(44)62(52)41-17-7-4-8-18-41)28-33-53(48)63(54)42-29-25-38(26-30-42)58-60-50-23-13-10-21-46(50)57(61-58)37-15-5-3-6-16-37/h1-39H;3-36H,1-2H3. The molecule has 0 fully saturated rings. The number of hydrogen-bond acceptors (Lipinski definition) is 4. The van der Waals surface area contributed by atoms with E-state index in [9.17, 15) is 0 Å². The van der Waals surface area contributed by atoms with Crippen molar-refractivity contribution in [1.29, 1.82) is 0 Å². The van der Waals surface area contributed by atoms with Crippen molar-refractivity contribution in [3.63, 3.8) is 0 Å². The van der Waals surface area contributed by atoms with Crippen LogP contribution in [0.2, 0.25) is 0 Å². The molecule has 19 aromatic carbocycles. The second-order valence-electron chi connectivity index (χ2n) is 34.7. The topological polar surface area (TPSA) is 76.2 Å². The Morgan fingerprint density at radius 3 is 0.977 bits per heavy atom. The molecule has 0 bridgehead atoms. The maximum Gasteiger partial charge on any atom is 0.160 e. The van der Waals surface area contributed by atoms with E-state index in [0.29, 0.717) is 11.6 Å². The fourth-order valence-electron chi connectivity index (χ4n) is 21.3. The fourth-order valence-corrected chi connectivity index (χ4v) is 21.3. The molecule has 608 valence electrons. The molecule has 9 heteroatoms. The lowest BCUT2D eigenvalue weighted by Crippen LogP contribution is -2.15. The highest BCUT2D eigenvalue weighted by atomic mass is 15.0. The van der Waals surface area contributed by atoms with Gasteiger partial charge in [0.2, 0.25) is 0 Å². The average molecular weight is 1660 g/mol. The van der Waals surface area contributed by atoms with Crippen LogP contribution in [-0.2, 0) is 5.41 Å². The number of hydrogen-bond donors (Lipinski definition) is 0. The lowest BCUT2D eigenvalue weighted by molar-refractivity contribution is 0.666. The van der Waals surface area contributed by atoms with Gasteiger partial charge in [0.15, 0.2) is 11.6 Å². The summed E-state index contributed by atoms with van der Waals surface area (Å²) in [6.07, 6.45) is 0.